The van der Waals surface area contributed by atoms with Crippen LogP contribution in [0, 0.1) is 0 Å². The molecular weight excluding hydrogens is 564 g/mol. The zero-order chi connectivity index (χ0) is 30.5. The fourth-order valence-corrected chi connectivity index (χ4v) is 6.47. The molecule has 0 N–H and O–H groups in total. The molecule has 0 fully saturated rings. The first-order valence-electron chi connectivity index (χ1n) is 15.4. The second-order valence-corrected chi connectivity index (χ2v) is 11.4. The van der Waals surface area contributed by atoms with Crippen molar-refractivity contribution in [3.63, 3.8) is 0 Å². The number of hydrogen-bond acceptors (Lipinski definition) is 4. The van der Waals surface area contributed by atoms with Gasteiger partial charge in [0.2, 0.25) is 0 Å². The van der Waals surface area contributed by atoms with Crippen LogP contribution in [0.15, 0.2) is 170 Å². The summed E-state index contributed by atoms with van der Waals surface area (Å²) in [6.45, 7) is 0. The van der Waals surface area contributed by atoms with E-state index in [9.17, 15) is 0 Å². The normalized spacial score (nSPS) is 12.2. The van der Waals surface area contributed by atoms with Crippen molar-refractivity contribution in [1.82, 2.24) is 0 Å². The molecule has 0 aliphatic carbocycles. The molecule has 2 heterocycles. The van der Waals surface area contributed by atoms with Crippen molar-refractivity contribution in [1.29, 1.82) is 0 Å². The van der Waals surface area contributed by atoms with Crippen LogP contribution < -0.4 is 19.3 Å². The molecule has 0 saturated carbocycles. The number of para-hydroxylation sites is 6. The molecule has 0 radical (unpaired) electrons. The van der Waals surface area contributed by atoms with E-state index in [1.54, 1.807) is 0 Å². The van der Waals surface area contributed by atoms with E-state index in [2.05, 4.69) is 131 Å². The lowest BCUT2D eigenvalue weighted by Gasteiger charge is -2.38. The molecule has 218 valence electrons. The summed E-state index contributed by atoms with van der Waals surface area (Å²) in [5, 5.41) is 0. The van der Waals surface area contributed by atoms with Crippen molar-refractivity contribution in [2.24, 2.45) is 0 Å². The van der Waals surface area contributed by atoms with E-state index in [1.165, 1.54) is 0 Å². The van der Waals surface area contributed by atoms with Gasteiger partial charge in [0.15, 0.2) is 23.0 Å². The van der Waals surface area contributed by atoms with Gasteiger partial charge in [-0.3, -0.25) is 4.90 Å². The van der Waals surface area contributed by atoms with Gasteiger partial charge in [-0.2, -0.15) is 0 Å². The summed E-state index contributed by atoms with van der Waals surface area (Å²) in [6.07, 6.45) is 0. The molecule has 0 bridgehead atoms. The molecule has 2 aliphatic rings. The molecule has 4 nitrogen and oxygen atoms in total. The summed E-state index contributed by atoms with van der Waals surface area (Å²) in [5.41, 5.74) is 10.7. The Bertz CT molecular complexity index is 2100. The van der Waals surface area contributed by atoms with Gasteiger partial charge in [0.05, 0.1) is 11.4 Å². The average molecular weight is 593 g/mol. The number of anilines is 6. The van der Waals surface area contributed by atoms with E-state index < -0.39 is 0 Å². The minimum atomic E-state index is 0.775. The molecule has 0 aromatic heterocycles. The third-order valence-electron chi connectivity index (χ3n) is 8.60. The predicted octanol–water partition coefficient (Wildman–Crippen LogP) is 12.2. The molecule has 7 aromatic rings. The van der Waals surface area contributed by atoms with Crippen molar-refractivity contribution in [2.45, 2.75) is 0 Å². The topological polar surface area (TPSA) is 24.9 Å². The summed E-state index contributed by atoms with van der Waals surface area (Å²) >= 11 is 0. The van der Waals surface area contributed by atoms with Crippen LogP contribution in [0.3, 0.4) is 0 Å². The quantitative estimate of drug-likeness (QED) is 0.198. The average Bonchev–Trinajstić information content (AvgIpc) is 3.13. The second kappa shape index (κ2) is 10.7. The number of hydrogen-bond donors (Lipinski definition) is 0. The number of ether oxygens (including phenoxy) is 2. The Morgan fingerprint density at radius 3 is 1.39 bits per heavy atom. The van der Waals surface area contributed by atoms with Crippen molar-refractivity contribution < 1.29 is 9.47 Å². The minimum Gasteiger partial charge on any atom is -0.453 e. The molecule has 0 saturated heterocycles. The molecular formula is C42H28N2O2. The van der Waals surface area contributed by atoms with Crippen LogP contribution in [-0.2, 0) is 0 Å². The van der Waals surface area contributed by atoms with Crippen LogP contribution in [0.2, 0.25) is 0 Å². The van der Waals surface area contributed by atoms with Gasteiger partial charge in [-0.25, -0.2) is 0 Å². The molecule has 0 atom stereocenters. The van der Waals surface area contributed by atoms with Crippen molar-refractivity contribution in [2.75, 3.05) is 9.80 Å². The van der Waals surface area contributed by atoms with Crippen molar-refractivity contribution in [3.8, 4) is 45.3 Å². The van der Waals surface area contributed by atoms with Crippen LogP contribution >= 0.6 is 0 Å². The van der Waals surface area contributed by atoms with Crippen LogP contribution in [0.25, 0.3) is 22.3 Å². The van der Waals surface area contributed by atoms with Gasteiger partial charge < -0.3 is 14.4 Å². The Kier molecular flexibility index (Phi) is 6.10. The number of fused-ring (bicyclic) bond motifs is 4. The first kappa shape index (κ1) is 26.2. The summed E-state index contributed by atoms with van der Waals surface area (Å²) in [4.78, 5) is 4.52. The zero-order valence-electron chi connectivity index (χ0n) is 24.9. The molecule has 0 unspecified atom stereocenters. The van der Waals surface area contributed by atoms with Gasteiger partial charge in [-0.15, -0.1) is 0 Å². The second-order valence-electron chi connectivity index (χ2n) is 11.4. The molecule has 2 aliphatic heterocycles. The van der Waals surface area contributed by atoms with E-state index in [1.807, 2.05) is 48.5 Å². The Hall–Kier alpha value is -6.26. The third kappa shape index (κ3) is 4.39. The van der Waals surface area contributed by atoms with Gasteiger partial charge in [0.25, 0.3) is 0 Å². The molecule has 0 amide bonds. The molecule has 9 rings (SSSR count). The highest BCUT2D eigenvalue weighted by Crippen LogP contribution is 2.60. The van der Waals surface area contributed by atoms with E-state index in [0.717, 1.165) is 79.4 Å². The summed E-state index contributed by atoms with van der Waals surface area (Å²) in [6, 6.07) is 58.9. The summed E-state index contributed by atoms with van der Waals surface area (Å²) in [5.74, 6) is 3.20. The lowest BCUT2D eigenvalue weighted by atomic mass is 9.97. The Morgan fingerprint density at radius 1 is 0.348 bits per heavy atom. The first-order valence-corrected chi connectivity index (χ1v) is 15.4. The van der Waals surface area contributed by atoms with Gasteiger partial charge in [-0.05, 0) is 101 Å². The standard InChI is InChI=1S/C42H28N2O2/c1-3-14-33(15-4-1)43(34-16-5-2-6-17-34)35-24-22-29(23-25-35)30-12-11-13-31(26-30)32-27-40-42-41(28-32)46-39-21-10-8-19-37(39)44(42)36-18-7-9-20-38(36)45-40/h1-28H. The van der Waals surface area contributed by atoms with E-state index in [0.29, 0.717) is 0 Å². The molecule has 4 heteroatoms. The molecule has 0 spiro atoms. The third-order valence-corrected chi connectivity index (χ3v) is 8.60. The van der Waals surface area contributed by atoms with Crippen LogP contribution in [0.4, 0.5) is 34.1 Å². The van der Waals surface area contributed by atoms with Gasteiger partial charge in [0, 0.05) is 17.1 Å². The maximum absolute atomic E-state index is 6.50. The Labute approximate surface area is 268 Å². The van der Waals surface area contributed by atoms with Gasteiger partial charge in [-0.1, -0.05) is 91.0 Å². The lowest BCUT2D eigenvalue weighted by Crippen LogP contribution is -2.20. The Balaban J connectivity index is 1.09. The molecule has 7 aromatic carbocycles. The highest BCUT2D eigenvalue weighted by Gasteiger charge is 2.34. The lowest BCUT2D eigenvalue weighted by molar-refractivity contribution is 0.446. The number of nitrogens with zero attached hydrogens (tertiary/aromatic N) is 2. The molecule has 46 heavy (non-hydrogen) atoms. The van der Waals surface area contributed by atoms with E-state index in [-0.39, 0.29) is 0 Å². The number of rotatable bonds is 5. The highest BCUT2D eigenvalue weighted by atomic mass is 16.5. The first-order chi connectivity index (χ1) is 22.8. The smallest absolute Gasteiger partial charge is 0.156 e. The Morgan fingerprint density at radius 2 is 0.826 bits per heavy atom. The van der Waals surface area contributed by atoms with Crippen LogP contribution in [-0.4, -0.2) is 0 Å². The van der Waals surface area contributed by atoms with Crippen molar-refractivity contribution in [3.05, 3.63) is 170 Å². The monoisotopic (exact) mass is 592 g/mol. The van der Waals surface area contributed by atoms with Crippen LogP contribution in [0.1, 0.15) is 0 Å². The van der Waals surface area contributed by atoms with E-state index >= 15 is 0 Å². The van der Waals surface area contributed by atoms with E-state index in [4.69, 9.17) is 9.47 Å². The SMILES string of the molecule is c1ccc(N(c2ccccc2)c2ccc(-c3cccc(-c4cc5c6c(c4)Oc4ccccc4N6c4ccccc4O5)c3)cc2)cc1. The largest absolute Gasteiger partial charge is 0.453 e. The van der Waals surface area contributed by atoms with Crippen molar-refractivity contribution >= 4 is 34.1 Å². The van der Waals surface area contributed by atoms with Gasteiger partial charge in [0.1, 0.15) is 5.69 Å². The maximum Gasteiger partial charge on any atom is 0.156 e. The van der Waals surface area contributed by atoms with Gasteiger partial charge >= 0.3 is 0 Å². The maximum atomic E-state index is 6.50. The van der Waals surface area contributed by atoms with Crippen LogP contribution in [0.5, 0.6) is 23.0 Å². The highest BCUT2D eigenvalue weighted by molar-refractivity contribution is 5.95. The minimum absolute atomic E-state index is 0.775. The number of benzene rings is 7. The zero-order valence-corrected chi connectivity index (χ0v) is 24.9. The predicted molar refractivity (Wildman–Crippen MR) is 187 cm³/mol. The summed E-state index contributed by atoms with van der Waals surface area (Å²) < 4.78 is 13.0. The fourth-order valence-electron chi connectivity index (χ4n) is 6.47. The summed E-state index contributed by atoms with van der Waals surface area (Å²) in [7, 11) is 0. The fraction of sp³-hybridized carbons (Fsp3) is 0.